The van der Waals surface area contributed by atoms with Gasteiger partial charge in [-0.2, -0.15) is 17.5 Å². The number of carbonyl (C=O) groups is 1. The van der Waals surface area contributed by atoms with E-state index in [2.05, 4.69) is 9.88 Å². The molecule has 0 unspecified atom stereocenters. The molecule has 2 fully saturated rings. The van der Waals surface area contributed by atoms with Gasteiger partial charge in [-0.15, -0.1) is 0 Å². The molecule has 10 nitrogen and oxygen atoms in total. The van der Waals surface area contributed by atoms with Crippen molar-refractivity contribution in [3.05, 3.63) is 12.5 Å². The third-order valence-corrected chi connectivity index (χ3v) is 7.11. The molecule has 3 rings (SSSR count). The first-order valence-electron chi connectivity index (χ1n) is 9.45. The van der Waals surface area contributed by atoms with Gasteiger partial charge in [-0.1, -0.05) is 0 Å². The maximum Gasteiger partial charge on any atom is 0.490 e. The van der Waals surface area contributed by atoms with Crippen molar-refractivity contribution in [1.82, 2.24) is 18.8 Å². The molecular weight excluding hydrogens is 445 g/mol. The Balaban J connectivity index is 0.000000423. The normalized spacial score (nSPS) is 25.0. The van der Waals surface area contributed by atoms with Gasteiger partial charge < -0.3 is 19.1 Å². The molecule has 31 heavy (non-hydrogen) atoms. The van der Waals surface area contributed by atoms with Crippen molar-refractivity contribution in [3.8, 4) is 0 Å². The standard InChI is InChI=1S/C15H26N4O4S.C2HF3O2/c1-17-10-15(16-11-17)24(20,21)19-5-4-14(23-3)12-8-18(6-7-22-2)9-13(12)19;3-2(4,5)1(6)7/h10-14H,4-9H2,1-3H3;(H,6,7)/t12-,13+,14+;/m0./s1. The molecule has 1 aromatic heterocycles. The molecule has 1 aromatic rings. The fourth-order valence-electron chi connectivity index (χ4n) is 3.83. The van der Waals surface area contributed by atoms with Crippen molar-refractivity contribution in [3.63, 3.8) is 0 Å². The van der Waals surface area contributed by atoms with E-state index in [1.165, 1.54) is 6.33 Å². The summed E-state index contributed by atoms with van der Waals surface area (Å²) in [5.41, 5.74) is 0. The second kappa shape index (κ2) is 10.3. The largest absolute Gasteiger partial charge is 0.490 e. The summed E-state index contributed by atoms with van der Waals surface area (Å²) in [7, 11) is 1.58. The molecule has 3 atom stereocenters. The predicted molar refractivity (Wildman–Crippen MR) is 102 cm³/mol. The van der Waals surface area contributed by atoms with Gasteiger partial charge in [0.1, 0.15) is 0 Å². The molecule has 0 bridgehead atoms. The van der Waals surface area contributed by atoms with E-state index in [1.807, 2.05) is 0 Å². The quantitative estimate of drug-likeness (QED) is 0.633. The molecule has 0 spiro atoms. The summed E-state index contributed by atoms with van der Waals surface area (Å²) in [6.45, 7) is 3.46. The number of likely N-dealkylation sites (tertiary alicyclic amines) is 1. The summed E-state index contributed by atoms with van der Waals surface area (Å²) < 4.78 is 71.9. The van der Waals surface area contributed by atoms with E-state index in [1.54, 1.807) is 36.3 Å². The minimum atomic E-state index is -5.08. The van der Waals surface area contributed by atoms with E-state index >= 15 is 0 Å². The van der Waals surface area contributed by atoms with Gasteiger partial charge in [-0.05, 0) is 6.42 Å². The number of alkyl halides is 3. The third kappa shape index (κ3) is 6.16. The smallest absolute Gasteiger partial charge is 0.475 e. The summed E-state index contributed by atoms with van der Waals surface area (Å²) in [5.74, 6) is -2.58. The van der Waals surface area contributed by atoms with Crippen LogP contribution in [0, 0.1) is 5.92 Å². The molecule has 14 heteroatoms. The first-order chi connectivity index (χ1) is 14.4. The fraction of sp³-hybridized carbons (Fsp3) is 0.765. The number of aryl methyl sites for hydroxylation is 1. The lowest BCUT2D eigenvalue weighted by atomic mass is 9.91. The average Bonchev–Trinajstić information content (AvgIpc) is 3.31. The highest BCUT2D eigenvalue weighted by Crippen LogP contribution is 2.35. The predicted octanol–water partition coefficient (Wildman–Crippen LogP) is 0.410. The van der Waals surface area contributed by atoms with Crippen molar-refractivity contribution in [2.75, 3.05) is 47.0 Å². The first kappa shape index (κ1) is 25.5. The van der Waals surface area contributed by atoms with Gasteiger partial charge in [0.05, 0.1) is 19.0 Å². The molecule has 0 aromatic carbocycles. The summed E-state index contributed by atoms with van der Waals surface area (Å²) in [4.78, 5) is 15.2. The number of methoxy groups -OCH3 is 2. The highest BCUT2D eigenvalue weighted by atomic mass is 32.2. The van der Waals surface area contributed by atoms with Gasteiger partial charge in [-0.3, -0.25) is 4.90 Å². The van der Waals surface area contributed by atoms with E-state index in [9.17, 15) is 21.6 Å². The third-order valence-electron chi connectivity index (χ3n) is 5.30. The lowest BCUT2D eigenvalue weighted by Crippen LogP contribution is -2.53. The minimum Gasteiger partial charge on any atom is -0.475 e. The van der Waals surface area contributed by atoms with E-state index in [4.69, 9.17) is 19.4 Å². The number of nitrogens with zero attached hydrogens (tertiary/aromatic N) is 4. The lowest BCUT2D eigenvalue weighted by Gasteiger charge is -2.39. The highest BCUT2D eigenvalue weighted by molar-refractivity contribution is 7.89. The van der Waals surface area contributed by atoms with Crippen molar-refractivity contribution >= 4 is 16.0 Å². The van der Waals surface area contributed by atoms with Crippen LogP contribution in [-0.2, 0) is 31.3 Å². The van der Waals surface area contributed by atoms with Crippen LogP contribution in [0.1, 0.15) is 6.42 Å². The van der Waals surface area contributed by atoms with E-state index in [0.717, 1.165) is 13.1 Å². The Morgan fingerprint density at radius 1 is 1.32 bits per heavy atom. The number of fused-ring (bicyclic) bond motifs is 1. The Labute approximate surface area is 178 Å². The number of hydrogen-bond donors (Lipinski definition) is 1. The number of carboxylic acid groups (broad SMARTS) is 1. The Morgan fingerprint density at radius 2 is 1.97 bits per heavy atom. The molecule has 1 N–H and O–H groups in total. The molecule has 2 saturated heterocycles. The lowest BCUT2D eigenvalue weighted by molar-refractivity contribution is -0.192. The molecule has 2 aliphatic heterocycles. The van der Waals surface area contributed by atoms with Crippen molar-refractivity contribution in [2.24, 2.45) is 13.0 Å². The molecule has 0 amide bonds. The number of halogens is 3. The number of rotatable bonds is 6. The van der Waals surface area contributed by atoms with Crippen LogP contribution in [0.3, 0.4) is 0 Å². The maximum atomic E-state index is 13.0. The Kier molecular flexibility index (Phi) is 8.44. The van der Waals surface area contributed by atoms with E-state index < -0.39 is 22.2 Å². The monoisotopic (exact) mass is 472 g/mol. The zero-order valence-corrected chi connectivity index (χ0v) is 18.3. The molecular formula is C17H27F3N4O6S. The number of ether oxygens (including phenoxy) is 2. The van der Waals surface area contributed by atoms with Crippen molar-refractivity contribution in [2.45, 2.75) is 29.8 Å². The molecule has 0 aliphatic carbocycles. The minimum absolute atomic E-state index is 0.0763. The maximum absolute atomic E-state index is 13.0. The number of sulfonamides is 1. The highest BCUT2D eigenvalue weighted by Gasteiger charge is 2.48. The summed E-state index contributed by atoms with van der Waals surface area (Å²) >= 11 is 0. The zero-order valence-electron chi connectivity index (χ0n) is 17.4. The van der Waals surface area contributed by atoms with Crippen LogP contribution in [0.5, 0.6) is 0 Å². The average molecular weight is 472 g/mol. The first-order valence-corrected chi connectivity index (χ1v) is 10.9. The van der Waals surface area contributed by atoms with Crippen molar-refractivity contribution < 1.29 is 41.0 Å². The second-order valence-electron chi connectivity index (χ2n) is 7.34. The van der Waals surface area contributed by atoms with Crippen molar-refractivity contribution in [1.29, 1.82) is 0 Å². The number of piperidine rings is 1. The fourth-order valence-corrected chi connectivity index (χ4v) is 5.48. The van der Waals surface area contributed by atoms with Crippen LogP contribution in [0.4, 0.5) is 13.2 Å². The van der Waals surface area contributed by atoms with Crippen LogP contribution >= 0.6 is 0 Å². The molecule has 0 saturated carbocycles. The van der Waals surface area contributed by atoms with Gasteiger partial charge in [0.25, 0.3) is 10.0 Å². The van der Waals surface area contributed by atoms with Crippen LogP contribution in [-0.4, -0.2) is 104 Å². The van der Waals surface area contributed by atoms with E-state index in [-0.39, 0.29) is 23.1 Å². The molecule has 178 valence electrons. The second-order valence-corrected chi connectivity index (χ2v) is 9.18. The Bertz CT molecular complexity index is 847. The Hall–Kier alpha value is -1.74. The van der Waals surface area contributed by atoms with Crippen LogP contribution in [0.2, 0.25) is 0 Å². The number of carboxylic acids is 1. The number of hydrogen-bond acceptors (Lipinski definition) is 7. The van der Waals surface area contributed by atoms with E-state index in [0.29, 0.717) is 26.1 Å². The Morgan fingerprint density at radius 3 is 2.45 bits per heavy atom. The van der Waals surface area contributed by atoms with Gasteiger partial charge in [0, 0.05) is 65.6 Å². The number of imidazole rings is 1. The van der Waals surface area contributed by atoms with Gasteiger partial charge >= 0.3 is 12.1 Å². The number of aromatic nitrogens is 2. The number of aliphatic carboxylic acids is 1. The summed E-state index contributed by atoms with van der Waals surface area (Å²) in [5, 5.41) is 7.25. The van der Waals surface area contributed by atoms with Gasteiger partial charge in [-0.25, -0.2) is 18.2 Å². The SMILES string of the molecule is COCCN1C[C@H]2[C@@H](C1)N(S(=O)(=O)c1cn(C)cn1)CC[C@H]2OC.O=C(O)C(F)(F)F. The topological polar surface area (TPSA) is 114 Å². The van der Waals surface area contributed by atoms with Crippen LogP contribution in [0.25, 0.3) is 0 Å². The van der Waals surface area contributed by atoms with Gasteiger partial charge in [0.15, 0.2) is 5.03 Å². The molecule has 2 aliphatic rings. The van der Waals surface area contributed by atoms with Gasteiger partial charge in [0.2, 0.25) is 0 Å². The summed E-state index contributed by atoms with van der Waals surface area (Å²) in [6.07, 6.45) is -1.20. The zero-order chi connectivity index (χ0) is 23.4. The van der Waals surface area contributed by atoms with Crippen LogP contribution < -0.4 is 0 Å². The summed E-state index contributed by atoms with van der Waals surface area (Å²) in [6, 6.07) is -0.0763. The van der Waals surface area contributed by atoms with Crippen LogP contribution in [0.15, 0.2) is 17.6 Å². The molecule has 0 radical (unpaired) electrons. The molecule has 3 heterocycles.